The fourth-order valence-electron chi connectivity index (χ4n) is 2.26. The topological polar surface area (TPSA) is 23.5 Å². The molecule has 1 N–H and O–H groups in total. The second kappa shape index (κ2) is 6.37. The van der Waals surface area contributed by atoms with Gasteiger partial charge < -0.3 is 10.0 Å². The molecule has 2 rings (SSSR count). The molecular formula is C16H17BrFNO. The standard InChI is InChI=1S/C16H17BrFNO/c1-11(20)14-7-4-8-15(18)16(14)19(2)10-12-5-3-6-13(17)9-12/h3-9,11,20H,10H2,1-2H3. The highest BCUT2D eigenvalue weighted by molar-refractivity contribution is 9.10. The average molecular weight is 338 g/mol. The van der Waals surface area contributed by atoms with Gasteiger partial charge >= 0.3 is 0 Å². The van der Waals surface area contributed by atoms with Crippen molar-refractivity contribution in [1.29, 1.82) is 0 Å². The summed E-state index contributed by atoms with van der Waals surface area (Å²) in [6.07, 6.45) is -0.703. The van der Waals surface area contributed by atoms with E-state index in [-0.39, 0.29) is 5.82 Å². The Labute approximate surface area is 127 Å². The van der Waals surface area contributed by atoms with Gasteiger partial charge in [0.2, 0.25) is 0 Å². The molecule has 0 heterocycles. The first-order valence-electron chi connectivity index (χ1n) is 6.41. The summed E-state index contributed by atoms with van der Waals surface area (Å²) in [5.74, 6) is -0.319. The molecule has 0 aromatic heterocycles. The van der Waals surface area contributed by atoms with Gasteiger partial charge in [0.25, 0.3) is 0 Å². The molecule has 0 bridgehead atoms. The number of benzene rings is 2. The van der Waals surface area contributed by atoms with Crippen LogP contribution < -0.4 is 4.90 Å². The molecule has 0 saturated heterocycles. The molecule has 2 aromatic rings. The van der Waals surface area contributed by atoms with Gasteiger partial charge in [-0.15, -0.1) is 0 Å². The zero-order valence-corrected chi connectivity index (χ0v) is 13.1. The third kappa shape index (κ3) is 3.38. The fourth-order valence-corrected chi connectivity index (χ4v) is 2.71. The summed E-state index contributed by atoms with van der Waals surface area (Å²) in [6, 6.07) is 12.7. The second-order valence-electron chi connectivity index (χ2n) is 4.84. The van der Waals surface area contributed by atoms with Crippen molar-refractivity contribution in [2.75, 3.05) is 11.9 Å². The maximum absolute atomic E-state index is 14.1. The van der Waals surface area contributed by atoms with Crippen molar-refractivity contribution in [2.45, 2.75) is 19.6 Å². The zero-order valence-electron chi connectivity index (χ0n) is 11.5. The van der Waals surface area contributed by atoms with E-state index in [1.54, 1.807) is 19.1 Å². The van der Waals surface area contributed by atoms with Crippen molar-refractivity contribution in [2.24, 2.45) is 0 Å². The summed E-state index contributed by atoms with van der Waals surface area (Å²) in [4.78, 5) is 1.82. The summed E-state index contributed by atoms with van der Waals surface area (Å²) >= 11 is 3.43. The summed E-state index contributed by atoms with van der Waals surface area (Å²) in [6.45, 7) is 2.21. The molecule has 106 valence electrons. The summed E-state index contributed by atoms with van der Waals surface area (Å²) in [5, 5.41) is 9.79. The number of hydrogen-bond donors (Lipinski definition) is 1. The molecule has 0 radical (unpaired) electrons. The van der Waals surface area contributed by atoms with E-state index in [1.165, 1.54) is 6.07 Å². The number of hydrogen-bond acceptors (Lipinski definition) is 2. The highest BCUT2D eigenvalue weighted by Crippen LogP contribution is 2.29. The average Bonchev–Trinajstić information content (AvgIpc) is 2.38. The summed E-state index contributed by atoms with van der Waals surface area (Å²) < 4.78 is 15.1. The van der Waals surface area contributed by atoms with Crippen LogP contribution >= 0.6 is 15.9 Å². The fraction of sp³-hybridized carbons (Fsp3) is 0.250. The summed E-state index contributed by atoms with van der Waals surface area (Å²) in [5.41, 5.74) is 2.12. The van der Waals surface area contributed by atoms with Crippen LogP contribution in [-0.2, 0) is 6.54 Å². The van der Waals surface area contributed by atoms with Crippen LogP contribution in [0.15, 0.2) is 46.9 Å². The van der Waals surface area contributed by atoms with Crippen LogP contribution in [0.1, 0.15) is 24.2 Å². The lowest BCUT2D eigenvalue weighted by Crippen LogP contribution is -2.20. The molecule has 20 heavy (non-hydrogen) atoms. The number of aliphatic hydroxyl groups is 1. The maximum atomic E-state index is 14.1. The number of rotatable bonds is 4. The highest BCUT2D eigenvalue weighted by Gasteiger charge is 2.16. The zero-order chi connectivity index (χ0) is 14.7. The summed E-state index contributed by atoms with van der Waals surface area (Å²) in [7, 11) is 1.82. The Hall–Kier alpha value is -1.39. The molecule has 0 saturated carbocycles. The molecule has 2 nitrogen and oxygen atoms in total. The predicted octanol–water partition coefficient (Wildman–Crippen LogP) is 4.28. The number of halogens is 2. The van der Waals surface area contributed by atoms with Crippen LogP contribution in [0.3, 0.4) is 0 Å². The lowest BCUT2D eigenvalue weighted by atomic mass is 10.1. The van der Waals surface area contributed by atoms with E-state index in [9.17, 15) is 9.50 Å². The molecule has 0 aliphatic heterocycles. The second-order valence-corrected chi connectivity index (χ2v) is 5.76. The number of para-hydroxylation sites is 1. The lowest BCUT2D eigenvalue weighted by Gasteiger charge is -2.24. The minimum Gasteiger partial charge on any atom is -0.389 e. The Bertz CT molecular complexity index is 601. The van der Waals surface area contributed by atoms with Crippen molar-refractivity contribution < 1.29 is 9.50 Å². The molecular weight excluding hydrogens is 321 g/mol. The molecule has 2 aromatic carbocycles. The maximum Gasteiger partial charge on any atom is 0.146 e. The first-order valence-corrected chi connectivity index (χ1v) is 7.20. The van der Waals surface area contributed by atoms with Crippen LogP contribution in [0, 0.1) is 5.82 Å². The molecule has 0 fully saturated rings. The van der Waals surface area contributed by atoms with Crippen LogP contribution in [0.4, 0.5) is 10.1 Å². The van der Waals surface area contributed by atoms with Crippen molar-refractivity contribution in [3.05, 3.63) is 63.9 Å². The molecule has 1 unspecified atom stereocenters. The highest BCUT2D eigenvalue weighted by atomic mass is 79.9. The SMILES string of the molecule is CC(O)c1cccc(F)c1N(C)Cc1cccc(Br)c1. The van der Waals surface area contributed by atoms with Gasteiger partial charge in [-0.2, -0.15) is 0 Å². The van der Waals surface area contributed by atoms with E-state index >= 15 is 0 Å². The Balaban J connectivity index is 2.31. The van der Waals surface area contributed by atoms with Gasteiger partial charge in [0.1, 0.15) is 5.82 Å². The van der Waals surface area contributed by atoms with Crippen molar-refractivity contribution in [3.63, 3.8) is 0 Å². The Morgan fingerprint density at radius 3 is 2.60 bits per heavy atom. The molecule has 0 aliphatic carbocycles. The molecule has 4 heteroatoms. The van der Waals surface area contributed by atoms with E-state index in [1.807, 2.05) is 36.2 Å². The number of anilines is 1. The van der Waals surface area contributed by atoms with Gasteiger partial charge in [-0.05, 0) is 30.7 Å². The Morgan fingerprint density at radius 2 is 1.95 bits per heavy atom. The monoisotopic (exact) mass is 337 g/mol. The van der Waals surface area contributed by atoms with Gasteiger partial charge in [0, 0.05) is 23.6 Å². The van der Waals surface area contributed by atoms with Crippen molar-refractivity contribution in [3.8, 4) is 0 Å². The largest absolute Gasteiger partial charge is 0.389 e. The Morgan fingerprint density at radius 1 is 1.25 bits per heavy atom. The van der Waals surface area contributed by atoms with Crippen molar-refractivity contribution in [1.82, 2.24) is 0 Å². The van der Waals surface area contributed by atoms with Gasteiger partial charge in [-0.1, -0.05) is 40.2 Å². The first-order chi connectivity index (χ1) is 9.49. The van der Waals surface area contributed by atoms with Crippen molar-refractivity contribution >= 4 is 21.6 Å². The third-order valence-electron chi connectivity index (χ3n) is 3.16. The lowest BCUT2D eigenvalue weighted by molar-refractivity contribution is 0.199. The minimum absolute atomic E-state index is 0.319. The van der Waals surface area contributed by atoms with Gasteiger partial charge in [0.15, 0.2) is 0 Å². The third-order valence-corrected chi connectivity index (χ3v) is 3.65. The van der Waals surface area contributed by atoms with Crippen LogP contribution in [0.5, 0.6) is 0 Å². The van der Waals surface area contributed by atoms with E-state index in [0.717, 1.165) is 10.0 Å². The van der Waals surface area contributed by atoms with Gasteiger partial charge in [-0.3, -0.25) is 0 Å². The van der Waals surface area contributed by atoms with Crippen LogP contribution in [-0.4, -0.2) is 12.2 Å². The van der Waals surface area contributed by atoms with Crippen LogP contribution in [0.2, 0.25) is 0 Å². The van der Waals surface area contributed by atoms with Crippen LogP contribution in [0.25, 0.3) is 0 Å². The first kappa shape index (κ1) is 15.0. The Kier molecular flexibility index (Phi) is 4.78. The van der Waals surface area contributed by atoms with E-state index in [2.05, 4.69) is 15.9 Å². The minimum atomic E-state index is -0.703. The molecule has 0 spiro atoms. The smallest absolute Gasteiger partial charge is 0.146 e. The molecule has 0 amide bonds. The van der Waals surface area contributed by atoms with E-state index in [4.69, 9.17) is 0 Å². The predicted molar refractivity (Wildman–Crippen MR) is 83.3 cm³/mol. The molecule has 0 aliphatic rings. The normalized spacial score (nSPS) is 12.2. The van der Waals surface area contributed by atoms with Gasteiger partial charge in [-0.25, -0.2) is 4.39 Å². The number of nitrogens with zero attached hydrogens (tertiary/aromatic N) is 1. The van der Waals surface area contributed by atoms with E-state index < -0.39 is 6.10 Å². The van der Waals surface area contributed by atoms with E-state index in [0.29, 0.717) is 17.8 Å². The number of aliphatic hydroxyl groups excluding tert-OH is 1. The van der Waals surface area contributed by atoms with Gasteiger partial charge in [0.05, 0.1) is 11.8 Å². The quantitative estimate of drug-likeness (QED) is 0.900. The molecule has 1 atom stereocenters.